The molecule has 0 aliphatic heterocycles. The van der Waals surface area contributed by atoms with Gasteiger partial charge in [-0.3, -0.25) is 0 Å². The normalized spacial score (nSPS) is 13.2. The molecular weight excluding hydrogens is 212 g/mol. The van der Waals surface area contributed by atoms with Crippen LogP contribution in [0.5, 0.6) is 5.75 Å². The first-order valence-electron chi connectivity index (χ1n) is 5.29. The number of halogens is 2. The van der Waals surface area contributed by atoms with E-state index in [0.717, 1.165) is 12.0 Å². The lowest BCUT2D eigenvalue weighted by Gasteiger charge is -2.15. The summed E-state index contributed by atoms with van der Waals surface area (Å²) in [5.74, 6) is 0.626. The fourth-order valence-corrected chi connectivity index (χ4v) is 1.57. The van der Waals surface area contributed by atoms with Gasteiger partial charge in [-0.25, -0.2) is 0 Å². The Labute approximate surface area is 94.4 Å². The van der Waals surface area contributed by atoms with Gasteiger partial charge in [0.1, 0.15) is 5.75 Å². The Morgan fingerprint density at radius 1 is 1.31 bits per heavy atom. The lowest BCUT2D eigenvalue weighted by atomic mass is 9.98. The maximum atomic E-state index is 12.0. The van der Waals surface area contributed by atoms with Gasteiger partial charge < -0.3 is 10.5 Å². The number of hydrogen-bond donors (Lipinski definition) is 1. The molecule has 1 aromatic rings. The van der Waals surface area contributed by atoms with Crippen LogP contribution in [0.25, 0.3) is 0 Å². The van der Waals surface area contributed by atoms with Crippen LogP contribution in [0.1, 0.15) is 31.9 Å². The van der Waals surface area contributed by atoms with Crippen molar-refractivity contribution in [2.24, 2.45) is 11.7 Å². The predicted octanol–water partition coefficient (Wildman–Crippen LogP) is 3.33. The molecule has 1 rings (SSSR count). The fourth-order valence-electron chi connectivity index (χ4n) is 1.57. The van der Waals surface area contributed by atoms with Gasteiger partial charge in [0.05, 0.1) is 0 Å². The summed E-state index contributed by atoms with van der Waals surface area (Å²) in [6.07, 6.45) is 0.818. The molecule has 0 heterocycles. The van der Waals surface area contributed by atoms with E-state index in [9.17, 15) is 8.78 Å². The standard InChI is InChI=1S/C12H17F2NO/c1-8(2)6-11(15)9-4-3-5-10(7-9)16-12(13)14/h3-5,7-8,11-12H,6,15H2,1-2H3. The van der Waals surface area contributed by atoms with Crippen molar-refractivity contribution in [3.05, 3.63) is 29.8 Å². The zero-order chi connectivity index (χ0) is 12.1. The quantitative estimate of drug-likeness (QED) is 0.840. The van der Waals surface area contributed by atoms with Crippen LogP contribution in [0.15, 0.2) is 24.3 Å². The van der Waals surface area contributed by atoms with E-state index in [-0.39, 0.29) is 11.8 Å². The van der Waals surface area contributed by atoms with Gasteiger partial charge in [0.25, 0.3) is 0 Å². The van der Waals surface area contributed by atoms with Crippen molar-refractivity contribution in [3.8, 4) is 5.75 Å². The summed E-state index contributed by atoms with van der Waals surface area (Å²) in [7, 11) is 0. The minimum Gasteiger partial charge on any atom is -0.435 e. The Hall–Kier alpha value is -1.16. The molecule has 1 aromatic carbocycles. The van der Waals surface area contributed by atoms with Crippen LogP contribution in [-0.4, -0.2) is 6.61 Å². The maximum absolute atomic E-state index is 12.0. The molecule has 1 unspecified atom stereocenters. The Morgan fingerprint density at radius 2 is 2.00 bits per heavy atom. The second-order valence-corrected chi connectivity index (χ2v) is 4.19. The molecule has 2 nitrogen and oxygen atoms in total. The fraction of sp³-hybridized carbons (Fsp3) is 0.500. The molecular formula is C12H17F2NO. The third-order valence-electron chi connectivity index (χ3n) is 2.24. The summed E-state index contributed by atoms with van der Waals surface area (Å²) < 4.78 is 28.3. The first-order valence-corrected chi connectivity index (χ1v) is 5.29. The highest BCUT2D eigenvalue weighted by Crippen LogP contribution is 2.23. The van der Waals surface area contributed by atoms with E-state index >= 15 is 0 Å². The van der Waals surface area contributed by atoms with Crippen LogP contribution < -0.4 is 10.5 Å². The average Bonchev–Trinajstić information content (AvgIpc) is 2.16. The Bertz CT molecular complexity index is 329. The molecule has 0 aliphatic rings. The zero-order valence-corrected chi connectivity index (χ0v) is 9.49. The lowest BCUT2D eigenvalue weighted by molar-refractivity contribution is -0.0499. The van der Waals surface area contributed by atoms with Gasteiger partial charge in [0.15, 0.2) is 0 Å². The third kappa shape index (κ3) is 4.14. The van der Waals surface area contributed by atoms with Crippen molar-refractivity contribution in [3.63, 3.8) is 0 Å². The van der Waals surface area contributed by atoms with Crippen molar-refractivity contribution >= 4 is 0 Å². The molecule has 4 heteroatoms. The number of ether oxygens (including phenoxy) is 1. The van der Waals surface area contributed by atoms with Gasteiger partial charge in [-0.2, -0.15) is 8.78 Å². The van der Waals surface area contributed by atoms with Crippen LogP contribution in [0.2, 0.25) is 0 Å². The van der Waals surface area contributed by atoms with Gasteiger partial charge in [-0.1, -0.05) is 26.0 Å². The van der Waals surface area contributed by atoms with Gasteiger partial charge in [0, 0.05) is 6.04 Å². The minimum atomic E-state index is -2.79. The number of alkyl halides is 2. The first kappa shape index (κ1) is 12.9. The van der Waals surface area contributed by atoms with Crippen molar-refractivity contribution < 1.29 is 13.5 Å². The van der Waals surface area contributed by atoms with Gasteiger partial charge >= 0.3 is 6.61 Å². The van der Waals surface area contributed by atoms with Crippen molar-refractivity contribution in [2.75, 3.05) is 0 Å². The van der Waals surface area contributed by atoms with E-state index in [4.69, 9.17) is 5.73 Å². The minimum absolute atomic E-state index is 0.138. The average molecular weight is 229 g/mol. The maximum Gasteiger partial charge on any atom is 0.387 e. The summed E-state index contributed by atoms with van der Waals surface area (Å²) in [5, 5.41) is 0. The van der Waals surface area contributed by atoms with Gasteiger partial charge in [-0.05, 0) is 30.0 Å². The van der Waals surface area contributed by atoms with Gasteiger partial charge in [0.2, 0.25) is 0 Å². The summed E-state index contributed by atoms with van der Waals surface area (Å²) in [6.45, 7) is 1.34. The topological polar surface area (TPSA) is 35.2 Å². The Morgan fingerprint density at radius 3 is 2.56 bits per heavy atom. The van der Waals surface area contributed by atoms with Gasteiger partial charge in [-0.15, -0.1) is 0 Å². The van der Waals surface area contributed by atoms with E-state index in [0.29, 0.717) is 5.92 Å². The van der Waals surface area contributed by atoms with Crippen molar-refractivity contribution in [2.45, 2.75) is 32.9 Å². The SMILES string of the molecule is CC(C)CC(N)c1cccc(OC(F)F)c1. The second-order valence-electron chi connectivity index (χ2n) is 4.19. The number of nitrogens with two attached hydrogens (primary N) is 1. The Kier molecular flexibility index (Phi) is 4.68. The monoisotopic (exact) mass is 229 g/mol. The molecule has 90 valence electrons. The molecule has 0 radical (unpaired) electrons. The largest absolute Gasteiger partial charge is 0.435 e. The van der Waals surface area contributed by atoms with Crippen LogP contribution in [-0.2, 0) is 0 Å². The molecule has 1 atom stereocenters. The van der Waals surface area contributed by atoms with Crippen molar-refractivity contribution in [1.82, 2.24) is 0 Å². The Balaban J connectivity index is 2.73. The van der Waals surface area contributed by atoms with E-state index < -0.39 is 6.61 Å². The lowest BCUT2D eigenvalue weighted by Crippen LogP contribution is -2.13. The highest BCUT2D eigenvalue weighted by molar-refractivity contribution is 5.30. The summed E-state index contributed by atoms with van der Waals surface area (Å²) >= 11 is 0. The van der Waals surface area contributed by atoms with Crippen LogP contribution >= 0.6 is 0 Å². The van der Waals surface area contributed by atoms with Crippen LogP contribution in [0.4, 0.5) is 8.78 Å². The highest BCUT2D eigenvalue weighted by Gasteiger charge is 2.10. The first-order chi connectivity index (χ1) is 7.49. The molecule has 0 fully saturated rings. The molecule has 0 aromatic heterocycles. The van der Waals surface area contributed by atoms with Crippen LogP contribution in [0.3, 0.4) is 0 Å². The number of rotatable bonds is 5. The summed E-state index contributed by atoms with van der Waals surface area (Å²) in [6, 6.07) is 6.43. The molecule has 0 saturated carbocycles. The van der Waals surface area contributed by atoms with E-state index in [1.165, 1.54) is 6.07 Å². The van der Waals surface area contributed by atoms with E-state index in [1.54, 1.807) is 12.1 Å². The molecule has 0 amide bonds. The van der Waals surface area contributed by atoms with Crippen molar-refractivity contribution in [1.29, 1.82) is 0 Å². The zero-order valence-electron chi connectivity index (χ0n) is 9.49. The van der Waals surface area contributed by atoms with E-state index in [1.807, 2.05) is 6.07 Å². The molecule has 16 heavy (non-hydrogen) atoms. The summed E-state index contributed by atoms with van der Waals surface area (Å²) in [4.78, 5) is 0. The summed E-state index contributed by atoms with van der Waals surface area (Å²) in [5.41, 5.74) is 6.78. The number of benzene rings is 1. The third-order valence-corrected chi connectivity index (χ3v) is 2.24. The predicted molar refractivity (Wildman–Crippen MR) is 59.5 cm³/mol. The van der Waals surface area contributed by atoms with E-state index in [2.05, 4.69) is 18.6 Å². The molecule has 0 aliphatic carbocycles. The number of hydrogen-bond acceptors (Lipinski definition) is 2. The molecule has 0 saturated heterocycles. The molecule has 2 N–H and O–H groups in total. The molecule has 0 spiro atoms. The van der Waals surface area contributed by atoms with Crippen LogP contribution in [0, 0.1) is 5.92 Å². The highest BCUT2D eigenvalue weighted by atomic mass is 19.3. The smallest absolute Gasteiger partial charge is 0.387 e. The molecule has 0 bridgehead atoms. The second kappa shape index (κ2) is 5.80.